The monoisotopic (exact) mass is 272 g/mol. The van der Waals surface area contributed by atoms with Gasteiger partial charge in [-0.2, -0.15) is 0 Å². The first-order chi connectivity index (χ1) is 8.99. The number of rotatable bonds is 3. The Morgan fingerprint density at radius 2 is 1.00 bits per heavy atom. The van der Waals surface area contributed by atoms with Crippen molar-refractivity contribution in [2.75, 3.05) is 4.67 Å². The van der Waals surface area contributed by atoms with Crippen molar-refractivity contribution in [3.8, 4) is 0 Å². The molecule has 2 aromatic rings. The molecule has 1 unspecified atom stereocenters. The maximum Gasteiger partial charge on any atom is 0.453 e. The third-order valence-corrected chi connectivity index (χ3v) is 3.72. The van der Waals surface area contributed by atoms with E-state index in [1.807, 2.05) is 4.67 Å². The predicted molar refractivity (Wildman–Crippen MR) is 83.0 cm³/mol. The Balaban J connectivity index is 2.52. The lowest BCUT2D eigenvalue weighted by Gasteiger charge is -2.13. The smallest absolute Gasteiger partial charge is 0.136 e. The molecule has 0 spiro atoms. The summed E-state index contributed by atoms with van der Waals surface area (Å²) in [6, 6.07) is 12.5. The molecule has 0 radical (unpaired) electrons. The molecular formula is C16H19NOP+. The Morgan fingerprint density at radius 3 is 1.26 bits per heavy atom. The van der Waals surface area contributed by atoms with Crippen molar-refractivity contribution < 1.29 is 4.57 Å². The van der Waals surface area contributed by atoms with E-state index >= 15 is 0 Å². The molecule has 0 aromatic heterocycles. The Hall–Kier alpha value is -1.66. The molecule has 2 rings (SSSR count). The molecule has 0 aliphatic rings. The molecule has 2 aromatic carbocycles. The summed E-state index contributed by atoms with van der Waals surface area (Å²) in [4.78, 5) is 0. The van der Waals surface area contributed by atoms with Gasteiger partial charge in [0, 0.05) is 0 Å². The zero-order valence-electron chi connectivity index (χ0n) is 11.8. The SMILES string of the molecule is Cc1cc(C)cc(N([PH+]=O)c2cc(C)cc(C)c2)c1. The second-order valence-electron chi connectivity index (χ2n) is 5.12. The molecule has 0 aliphatic carbocycles. The normalized spacial score (nSPS) is 10.7. The highest BCUT2D eigenvalue weighted by atomic mass is 31.1. The summed E-state index contributed by atoms with van der Waals surface area (Å²) in [5.41, 5.74) is 6.70. The molecule has 98 valence electrons. The van der Waals surface area contributed by atoms with Crippen LogP contribution in [0.5, 0.6) is 0 Å². The van der Waals surface area contributed by atoms with E-state index in [-0.39, 0.29) is 0 Å². The number of benzene rings is 2. The second-order valence-corrected chi connectivity index (χ2v) is 5.75. The summed E-state index contributed by atoms with van der Waals surface area (Å²) >= 11 is 0. The van der Waals surface area contributed by atoms with Gasteiger partial charge in [-0.05, 0) is 78.8 Å². The van der Waals surface area contributed by atoms with E-state index in [0.717, 1.165) is 11.4 Å². The maximum atomic E-state index is 11.6. The fourth-order valence-corrected chi connectivity index (χ4v) is 2.88. The van der Waals surface area contributed by atoms with Crippen LogP contribution in [-0.4, -0.2) is 0 Å². The third-order valence-electron chi connectivity index (χ3n) is 3.02. The highest BCUT2D eigenvalue weighted by molar-refractivity contribution is 7.26. The van der Waals surface area contributed by atoms with E-state index in [1.54, 1.807) is 0 Å². The van der Waals surface area contributed by atoms with Gasteiger partial charge in [-0.15, -0.1) is 4.67 Å². The van der Waals surface area contributed by atoms with E-state index in [9.17, 15) is 4.57 Å². The zero-order chi connectivity index (χ0) is 14.0. The molecule has 0 heterocycles. The van der Waals surface area contributed by atoms with Crippen LogP contribution in [0.3, 0.4) is 0 Å². The molecule has 0 N–H and O–H groups in total. The number of aryl methyl sites for hydroxylation is 4. The van der Waals surface area contributed by atoms with E-state index in [0.29, 0.717) is 0 Å². The Bertz CT molecular complexity index is 530. The van der Waals surface area contributed by atoms with Crippen molar-refractivity contribution in [2.24, 2.45) is 0 Å². The highest BCUT2D eigenvalue weighted by Crippen LogP contribution is 2.33. The maximum absolute atomic E-state index is 11.6. The summed E-state index contributed by atoms with van der Waals surface area (Å²) < 4.78 is 13.5. The van der Waals surface area contributed by atoms with Gasteiger partial charge in [0.25, 0.3) is 0 Å². The fraction of sp³-hybridized carbons (Fsp3) is 0.250. The first kappa shape index (κ1) is 13.8. The van der Waals surface area contributed by atoms with E-state index in [2.05, 4.69) is 64.1 Å². The zero-order valence-corrected chi connectivity index (χ0v) is 12.8. The van der Waals surface area contributed by atoms with Crippen LogP contribution in [-0.2, 0) is 4.57 Å². The third kappa shape index (κ3) is 3.21. The first-order valence-electron chi connectivity index (χ1n) is 6.34. The van der Waals surface area contributed by atoms with Gasteiger partial charge in [0.05, 0.1) is 11.4 Å². The molecule has 3 heteroatoms. The molecule has 2 nitrogen and oxygen atoms in total. The van der Waals surface area contributed by atoms with Gasteiger partial charge >= 0.3 is 8.61 Å². The van der Waals surface area contributed by atoms with Gasteiger partial charge in [0.2, 0.25) is 0 Å². The quantitative estimate of drug-likeness (QED) is 0.733. The van der Waals surface area contributed by atoms with Crippen LogP contribution in [0, 0.1) is 27.7 Å². The molecule has 0 fully saturated rings. The Labute approximate surface area is 116 Å². The average Bonchev–Trinajstić information content (AvgIpc) is 2.27. The van der Waals surface area contributed by atoms with Crippen LogP contribution in [0.25, 0.3) is 0 Å². The molecule has 0 bridgehead atoms. The summed E-state index contributed by atoms with van der Waals surface area (Å²) in [5.74, 6) is 0. The van der Waals surface area contributed by atoms with E-state index < -0.39 is 8.61 Å². The fourth-order valence-electron chi connectivity index (χ4n) is 2.41. The van der Waals surface area contributed by atoms with Crippen molar-refractivity contribution in [1.82, 2.24) is 0 Å². The minimum Gasteiger partial charge on any atom is -0.136 e. The van der Waals surface area contributed by atoms with Crippen molar-refractivity contribution in [3.05, 3.63) is 58.7 Å². The number of hydrogen-bond donors (Lipinski definition) is 0. The van der Waals surface area contributed by atoms with Crippen molar-refractivity contribution in [3.63, 3.8) is 0 Å². The molecule has 0 aliphatic heterocycles. The Kier molecular flexibility index (Phi) is 4.01. The first-order valence-corrected chi connectivity index (χ1v) is 7.19. The highest BCUT2D eigenvalue weighted by Gasteiger charge is 2.17. The van der Waals surface area contributed by atoms with Gasteiger partial charge in [0.15, 0.2) is 0 Å². The number of anilines is 2. The summed E-state index contributed by atoms with van der Waals surface area (Å²) in [6.45, 7) is 8.24. The molecule has 0 amide bonds. The lowest BCUT2D eigenvalue weighted by Crippen LogP contribution is -2.03. The van der Waals surface area contributed by atoms with Gasteiger partial charge in [-0.1, -0.05) is 12.1 Å². The Morgan fingerprint density at radius 1 is 0.684 bits per heavy atom. The van der Waals surface area contributed by atoms with Crippen LogP contribution in [0.1, 0.15) is 22.3 Å². The topological polar surface area (TPSA) is 20.3 Å². The summed E-state index contributed by atoms with van der Waals surface area (Å²) in [7, 11) is -0.527. The van der Waals surface area contributed by atoms with Crippen LogP contribution < -0.4 is 4.67 Å². The van der Waals surface area contributed by atoms with Gasteiger partial charge in [0.1, 0.15) is 0 Å². The number of hydrogen-bond acceptors (Lipinski definition) is 1. The molecule has 0 saturated heterocycles. The van der Waals surface area contributed by atoms with E-state index in [1.165, 1.54) is 22.3 Å². The minimum absolute atomic E-state index is 0.527. The second kappa shape index (κ2) is 5.54. The van der Waals surface area contributed by atoms with Crippen LogP contribution >= 0.6 is 8.61 Å². The standard InChI is InChI=1S/C16H18NOP/c1-11-5-12(2)8-15(7-11)17(19-18)16-9-13(3)6-14(4)10-16/h5-10H,1-4H3/p+1. The molecule has 19 heavy (non-hydrogen) atoms. The largest absolute Gasteiger partial charge is 0.453 e. The molecule has 0 saturated carbocycles. The predicted octanol–water partition coefficient (Wildman–Crippen LogP) is 5.00. The van der Waals surface area contributed by atoms with Gasteiger partial charge in [-0.25, -0.2) is 0 Å². The van der Waals surface area contributed by atoms with Crippen molar-refractivity contribution in [2.45, 2.75) is 27.7 Å². The summed E-state index contributed by atoms with van der Waals surface area (Å²) in [6.07, 6.45) is 0. The van der Waals surface area contributed by atoms with Crippen molar-refractivity contribution in [1.29, 1.82) is 0 Å². The van der Waals surface area contributed by atoms with Gasteiger partial charge < -0.3 is 0 Å². The number of nitrogens with zero attached hydrogens (tertiary/aromatic N) is 1. The molecule has 1 atom stereocenters. The van der Waals surface area contributed by atoms with Gasteiger partial charge in [-0.3, -0.25) is 0 Å². The van der Waals surface area contributed by atoms with Crippen molar-refractivity contribution >= 4 is 20.0 Å². The average molecular weight is 272 g/mol. The van der Waals surface area contributed by atoms with E-state index in [4.69, 9.17) is 0 Å². The lowest BCUT2D eigenvalue weighted by atomic mass is 10.1. The molecular weight excluding hydrogens is 253 g/mol. The minimum atomic E-state index is -0.527. The summed E-state index contributed by atoms with van der Waals surface area (Å²) in [5, 5.41) is 0. The van der Waals surface area contributed by atoms with Crippen LogP contribution in [0.15, 0.2) is 36.4 Å². The van der Waals surface area contributed by atoms with Crippen LogP contribution in [0.2, 0.25) is 0 Å². The lowest BCUT2D eigenvalue weighted by molar-refractivity contribution is 0.598. The van der Waals surface area contributed by atoms with Crippen LogP contribution in [0.4, 0.5) is 11.4 Å².